The first kappa shape index (κ1) is 43.2. The molecule has 0 N–H and O–H groups in total. The van der Waals surface area contributed by atoms with Gasteiger partial charge in [0.15, 0.2) is 0 Å². The van der Waals surface area contributed by atoms with Crippen LogP contribution in [-0.2, 0) is 0 Å². The molecule has 0 radical (unpaired) electrons. The molecule has 2 heterocycles. The van der Waals surface area contributed by atoms with E-state index < -0.39 is 0 Å². The molecule has 2 aliphatic rings. The second-order valence-electron chi connectivity index (χ2n) is 19.3. The Hall–Kier alpha value is -8.85. The Bertz CT molecular complexity index is 3480. The summed E-state index contributed by atoms with van der Waals surface area (Å²) in [6.45, 7) is 4.73. The molecule has 13 rings (SSSR count). The average Bonchev–Trinajstić information content (AvgIpc) is 3.94. The standard InChI is InChI=1S/C68H50B2N2/c1-47-41-59(71(55-29-17-7-18-30-55)57-37-33-51(34-38-57)49-21-9-3-10-22-49)43-65-67(47)61-45-64-62(46-63(61)69(65)53-25-13-5-14-26-53)68-48(2)42-60(44-66(68)70(64)54-27-15-6-16-28-54)72(56-31-19-8-20-32-56)58-39-35-52(36-40-58)50-23-11-4-12-24-50/h3-46H,1-2H3. The van der Waals surface area contributed by atoms with Crippen LogP contribution < -0.4 is 42.6 Å². The number of anilines is 6. The van der Waals surface area contributed by atoms with Crippen molar-refractivity contribution in [2.75, 3.05) is 9.80 Å². The van der Waals surface area contributed by atoms with Crippen LogP contribution in [0.1, 0.15) is 11.1 Å². The third-order valence-corrected chi connectivity index (χ3v) is 15.0. The van der Waals surface area contributed by atoms with Gasteiger partial charge in [0, 0.05) is 34.1 Å². The Balaban J connectivity index is 0.970. The van der Waals surface area contributed by atoms with Crippen molar-refractivity contribution in [2.45, 2.75) is 13.8 Å². The van der Waals surface area contributed by atoms with Crippen LogP contribution in [-0.4, -0.2) is 13.4 Å². The van der Waals surface area contributed by atoms with Crippen LogP contribution in [0.5, 0.6) is 0 Å². The lowest BCUT2D eigenvalue weighted by Gasteiger charge is -2.27. The highest BCUT2D eigenvalue weighted by Crippen LogP contribution is 2.42. The predicted octanol–water partition coefficient (Wildman–Crippen LogP) is 13.6. The van der Waals surface area contributed by atoms with Crippen molar-refractivity contribution in [3.63, 3.8) is 0 Å². The number of benzene rings is 11. The zero-order valence-electron chi connectivity index (χ0n) is 40.5. The molecule has 0 bridgehead atoms. The summed E-state index contributed by atoms with van der Waals surface area (Å²) in [5, 5.41) is 0. The van der Waals surface area contributed by atoms with E-state index in [-0.39, 0.29) is 13.4 Å². The second kappa shape index (κ2) is 18.2. The van der Waals surface area contributed by atoms with Gasteiger partial charge < -0.3 is 9.80 Å². The second-order valence-corrected chi connectivity index (χ2v) is 19.3. The van der Waals surface area contributed by atoms with E-state index in [0.717, 1.165) is 34.1 Å². The molecule has 2 aliphatic heterocycles. The van der Waals surface area contributed by atoms with Crippen LogP contribution in [0.3, 0.4) is 0 Å². The van der Waals surface area contributed by atoms with E-state index in [1.165, 1.54) is 88.4 Å². The number of rotatable bonds is 10. The molecule has 338 valence electrons. The number of para-hydroxylation sites is 2. The smallest absolute Gasteiger partial charge is 0.242 e. The van der Waals surface area contributed by atoms with Gasteiger partial charge in [0.2, 0.25) is 13.4 Å². The SMILES string of the molecule is Cc1cc(N(c2ccccc2)c2ccc(-c3ccccc3)cc2)cc2c1-c1cc3c(cc1B2c1ccccc1)-c1c(C)cc(N(c2ccccc2)c2ccc(-c4ccccc4)cc2)cc1B3c1ccccc1. The Morgan fingerprint density at radius 3 is 0.889 bits per heavy atom. The van der Waals surface area contributed by atoms with Crippen LogP contribution in [0, 0.1) is 13.8 Å². The zero-order chi connectivity index (χ0) is 48.1. The minimum Gasteiger partial charge on any atom is -0.311 e. The Morgan fingerprint density at radius 2 is 0.542 bits per heavy atom. The van der Waals surface area contributed by atoms with Crippen molar-refractivity contribution >= 4 is 80.3 Å². The maximum absolute atomic E-state index is 2.57. The highest BCUT2D eigenvalue weighted by atomic mass is 15.1. The summed E-state index contributed by atoms with van der Waals surface area (Å²) < 4.78 is 0. The molecule has 11 aromatic rings. The monoisotopic (exact) mass is 916 g/mol. The lowest BCUT2D eigenvalue weighted by atomic mass is 9.37. The molecule has 0 atom stereocenters. The van der Waals surface area contributed by atoms with Gasteiger partial charge in [-0.15, -0.1) is 0 Å². The van der Waals surface area contributed by atoms with Gasteiger partial charge in [0.25, 0.3) is 0 Å². The number of fused-ring (bicyclic) bond motifs is 6. The van der Waals surface area contributed by atoms with Crippen molar-refractivity contribution in [3.8, 4) is 44.5 Å². The highest BCUT2D eigenvalue weighted by molar-refractivity contribution is 7.01. The first-order chi connectivity index (χ1) is 35.6. The summed E-state index contributed by atoms with van der Waals surface area (Å²) in [7, 11) is 0. The van der Waals surface area contributed by atoms with Crippen LogP contribution in [0.15, 0.2) is 267 Å². The van der Waals surface area contributed by atoms with Gasteiger partial charge in [-0.1, -0.05) is 227 Å². The van der Waals surface area contributed by atoms with Gasteiger partial charge in [0.05, 0.1) is 0 Å². The molecule has 0 fully saturated rings. The van der Waals surface area contributed by atoms with Crippen LogP contribution in [0.25, 0.3) is 44.5 Å². The maximum Gasteiger partial charge on any atom is 0.242 e. The molecule has 0 saturated heterocycles. The van der Waals surface area contributed by atoms with Crippen molar-refractivity contribution < 1.29 is 0 Å². The van der Waals surface area contributed by atoms with Gasteiger partial charge in [-0.2, -0.15) is 0 Å². The number of hydrogen-bond acceptors (Lipinski definition) is 2. The molecular weight excluding hydrogens is 866 g/mol. The number of nitrogens with zero attached hydrogens (tertiary/aromatic N) is 2. The molecule has 0 amide bonds. The number of aryl methyl sites for hydroxylation is 2. The fourth-order valence-corrected chi connectivity index (χ4v) is 11.8. The normalized spacial score (nSPS) is 12.0. The summed E-state index contributed by atoms with van der Waals surface area (Å²) in [6, 6.07) is 98.2. The van der Waals surface area contributed by atoms with Gasteiger partial charge in [-0.25, -0.2) is 0 Å². The predicted molar refractivity (Wildman–Crippen MR) is 309 cm³/mol. The van der Waals surface area contributed by atoms with E-state index in [2.05, 4.69) is 291 Å². The molecule has 0 saturated carbocycles. The summed E-state index contributed by atoms with van der Waals surface area (Å²) in [5.41, 5.74) is 27.5. The summed E-state index contributed by atoms with van der Waals surface area (Å²) in [6.07, 6.45) is 0. The van der Waals surface area contributed by atoms with Crippen molar-refractivity contribution in [1.82, 2.24) is 0 Å². The highest BCUT2D eigenvalue weighted by Gasteiger charge is 2.41. The summed E-state index contributed by atoms with van der Waals surface area (Å²) in [5.74, 6) is 0. The first-order valence-electron chi connectivity index (χ1n) is 25.1. The lowest BCUT2D eigenvalue weighted by Crippen LogP contribution is -2.50. The van der Waals surface area contributed by atoms with E-state index in [4.69, 9.17) is 0 Å². The van der Waals surface area contributed by atoms with Crippen LogP contribution in [0.4, 0.5) is 34.1 Å². The topological polar surface area (TPSA) is 6.48 Å². The summed E-state index contributed by atoms with van der Waals surface area (Å²) in [4.78, 5) is 4.85. The fourth-order valence-electron chi connectivity index (χ4n) is 11.8. The molecule has 0 aromatic heterocycles. The third kappa shape index (κ3) is 7.55. The van der Waals surface area contributed by atoms with Gasteiger partial charge in [-0.05, 0) is 142 Å². The van der Waals surface area contributed by atoms with E-state index in [1.54, 1.807) is 0 Å². The largest absolute Gasteiger partial charge is 0.311 e. The van der Waals surface area contributed by atoms with Crippen molar-refractivity contribution in [1.29, 1.82) is 0 Å². The van der Waals surface area contributed by atoms with E-state index in [1.807, 2.05) is 0 Å². The van der Waals surface area contributed by atoms with Crippen molar-refractivity contribution in [3.05, 3.63) is 278 Å². The van der Waals surface area contributed by atoms with E-state index >= 15 is 0 Å². The Morgan fingerprint density at radius 1 is 0.250 bits per heavy atom. The molecule has 2 nitrogen and oxygen atoms in total. The van der Waals surface area contributed by atoms with E-state index in [9.17, 15) is 0 Å². The van der Waals surface area contributed by atoms with Gasteiger partial charge in [-0.3, -0.25) is 0 Å². The first-order valence-corrected chi connectivity index (χ1v) is 25.1. The zero-order valence-corrected chi connectivity index (χ0v) is 40.5. The minimum atomic E-state index is 0.0458. The van der Waals surface area contributed by atoms with Gasteiger partial charge >= 0.3 is 0 Å². The van der Waals surface area contributed by atoms with Crippen molar-refractivity contribution in [2.24, 2.45) is 0 Å². The number of hydrogen-bond donors (Lipinski definition) is 0. The molecule has 11 aromatic carbocycles. The minimum absolute atomic E-state index is 0.0458. The average molecular weight is 917 g/mol. The molecule has 4 heteroatoms. The maximum atomic E-state index is 2.57. The molecule has 0 spiro atoms. The molecule has 72 heavy (non-hydrogen) atoms. The van der Waals surface area contributed by atoms with E-state index in [0.29, 0.717) is 0 Å². The Kier molecular flexibility index (Phi) is 10.9. The lowest BCUT2D eigenvalue weighted by molar-refractivity contribution is 1.28. The third-order valence-electron chi connectivity index (χ3n) is 15.0. The quantitative estimate of drug-likeness (QED) is 0.126. The Labute approximate surface area is 424 Å². The van der Waals surface area contributed by atoms with Crippen LogP contribution in [0.2, 0.25) is 0 Å². The fraction of sp³-hybridized carbons (Fsp3) is 0.0294. The molecular formula is C68H50B2N2. The van der Waals surface area contributed by atoms with Crippen LogP contribution >= 0.6 is 0 Å². The molecule has 0 aliphatic carbocycles. The summed E-state index contributed by atoms with van der Waals surface area (Å²) >= 11 is 0. The molecule has 0 unspecified atom stereocenters. The van der Waals surface area contributed by atoms with Gasteiger partial charge in [0.1, 0.15) is 0 Å².